The van der Waals surface area contributed by atoms with Gasteiger partial charge in [-0.15, -0.1) is 0 Å². The van der Waals surface area contributed by atoms with E-state index in [1.165, 1.54) is 19.2 Å². The summed E-state index contributed by atoms with van der Waals surface area (Å²) in [5.74, 6) is 0.457. The summed E-state index contributed by atoms with van der Waals surface area (Å²) >= 11 is 0. The number of aromatic nitrogens is 3. The molecule has 0 spiro atoms. The molecule has 0 radical (unpaired) electrons. The third-order valence-corrected chi connectivity index (χ3v) is 4.55. The second-order valence-corrected chi connectivity index (χ2v) is 6.57. The molecule has 9 heteroatoms. The molecular formula is C22H19FN4O4. The van der Waals surface area contributed by atoms with Crippen LogP contribution in [-0.2, 0) is 11.3 Å². The lowest BCUT2D eigenvalue weighted by molar-refractivity contribution is -0.116. The van der Waals surface area contributed by atoms with E-state index >= 15 is 0 Å². The Balaban J connectivity index is 1.51. The Kier molecular flexibility index (Phi) is 5.65. The molecule has 0 saturated carbocycles. The fourth-order valence-corrected chi connectivity index (χ4v) is 3.05. The zero-order chi connectivity index (χ0) is 21.8. The van der Waals surface area contributed by atoms with Crippen molar-refractivity contribution < 1.29 is 23.2 Å². The molecule has 4 rings (SSSR count). The highest BCUT2D eigenvalue weighted by molar-refractivity contribution is 5.91. The van der Waals surface area contributed by atoms with E-state index in [4.69, 9.17) is 14.0 Å². The highest BCUT2D eigenvalue weighted by atomic mass is 19.1. The molecule has 1 amide bonds. The molecule has 2 heterocycles. The lowest BCUT2D eigenvalue weighted by Crippen LogP contribution is -2.18. The van der Waals surface area contributed by atoms with Crippen LogP contribution in [-0.4, -0.2) is 34.8 Å². The van der Waals surface area contributed by atoms with Gasteiger partial charge in [0.05, 0.1) is 14.2 Å². The maximum absolute atomic E-state index is 14.0. The Morgan fingerprint density at radius 2 is 2.00 bits per heavy atom. The first kappa shape index (κ1) is 20.1. The van der Waals surface area contributed by atoms with Crippen LogP contribution >= 0.6 is 0 Å². The van der Waals surface area contributed by atoms with E-state index in [0.29, 0.717) is 22.7 Å². The average Bonchev–Trinajstić information content (AvgIpc) is 3.43. The summed E-state index contributed by atoms with van der Waals surface area (Å²) in [4.78, 5) is 16.8. The van der Waals surface area contributed by atoms with E-state index in [9.17, 15) is 9.18 Å². The predicted octanol–water partition coefficient (Wildman–Crippen LogP) is 4.00. The summed E-state index contributed by atoms with van der Waals surface area (Å²) in [6.07, 6.45) is 1.73. The van der Waals surface area contributed by atoms with Crippen LogP contribution in [0.5, 0.6) is 11.5 Å². The second-order valence-electron chi connectivity index (χ2n) is 6.57. The number of hydrogen-bond donors (Lipinski definition) is 1. The maximum atomic E-state index is 14.0. The van der Waals surface area contributed by atoms with Crippen LogP contribution in [0.3, 0.4) is 0 Å². The summed E-state index contributed by atoms with van der Waals surface area (Å²) in [5, 5.41) is 6.75. The highest BCUT2D eigenvalue weighted by Gasteiger charge is 2.17. The van der Waals surface area contributed by atoms with E-state index in [2.05, 4.69) is 15.5 Å². The van der Waals surface area contributed by atoms with Gasteiger partial charge in [0.1, 0.15) is 18.0 Å². The lowest BCUT2D eigenvalue weighted by atomic mass is 10.2. The highest BCUT2D eigenvalue weighted by Crippen LogP contribution is 2.26. The number of hydrogen-bond acceptors (Lipinski definition) is 6. The van der Waals surface area contributed by atoms with Crippen molar-refractivity contribution in [2.45, 2.75) is 6.54 Å². The number of carbonyl (C=O) groups excluding carboxylic acids is 1. The molecule has 0 aliphatic rings. The Morgan fingerprint density at radius 3 is 2.77 bits per heavy atom. The number of nitrogens with one attached hydrogen (secondary N) is 1. The Labute approximate surface area is 177 Å². The second kappa shape index (κ2) is 8.70. The number of ether oxygens (including phenoxy) is 2. The van der Waals surface area contributed by atoms with Gasteiger partial charge in [-0.3, -0.25) is 4.79 Å². The first-order valence-electron chi connectivity index (χ1n) is 9.34. The summed E-state index contributed by atoms with van der Waals surface area (Å²) in [7, 11) is 2.95. The van der Waals surface area contributed by atoms with Crippen molar-refractivity contribution in [3.8, 4) is 34.5 Å². The van der Waals surface area contributed by atoms with Gasteiger partial charge < -0.3 is 23.9 Å². The zero-order valence-electron chi connectivity index (χ0n) is 16.8. The quantitative estimate of drug-likeness (QED) is 0.484. The number of methoxy groups -OCH3 is 2. The van der Waals surface area contributed by atoms with Crippen LogP contribution in [0, 0.1) is 5.82 Å². The molecule has 0 unspecified atom stereocenters. The van der Waals surface area contributed by atoms with Gasteiger partial charge in [0, 0.05) is 23.5 Å². The molecule has 31 heavy (non-hydrogen) atoms. The summed E-state index contributed by atoms with van der Waals surface area (Å²) in [6.45, 7) is 0.0361. The molecule has 0 atom stereocenters. The van der Waals surface area contributed by atoms with Crippen molar-refractivity contribution in [1.82, 2.24) is 14.7 Å². The molecule has 0 saturated heterocycles. The number of halogens is 1. The monoisotopic (exact) mass is 422 g/mol. The van der Waals surface area contributed by atoms with Gasteiger partial charge in [0.15, 0.2) is 11.6 Å². The normalized spacial score (nSPS) is 10.7. The molecule has 0 fully saturated rings. The van der Waals surface area contributed by atoms with Crippen LogP contribution in [0.1, 0.15) is 0 Å². The standard InChI is InChI=1S/C22H19FN4O4/c1-29-16-6-3-5-15(12-16)24-20(28)13-27-10-4-7-18(27)22-25-21(26-31-22)14-8-9-19(30-2)17(23)11-14/h3-12H,13H2,1-2H3,(H,24,28). The van der Waals surface area contributed by atoms with Crippen molar-refractivity contribution in [2.75, 3.05) is 19.5 Å². The molecule has 0 aliphatic heterocycles. The van der Waals surface area contributed by atoms with Gasteiger partial charge in [-0.05, 0) is 42.5 Å². The van der Waals surface area contributed by atoms with Gasteiger partial charge in [0.2, 0.25) is 11.7 Å². The topological polar surface area (TPSA) is 91.4 Å². The molecule has 0 bridgehead atoms. The fraction of sp³-hybridized carbons (Fsp3) is 0.136. The Hall–Kier alpha value is -4.14. The number of amides is 1. The number of anilines is 1. The van der Waals surface area contributed by atoms with Gasteiger partial charge in [-0.25, -0.2) is 4.39 Å². The van der Waals surface area contributed by atoms with Crippen molar-refractivity contribution >= 4 is 11.6 Å². The number of carbonyl (C=O) groups is 1. The van der Waals surface area contributed by atoms with E-state index in [1.54, 1.807) is 60.3 Å². The van der Waals surface area contributed by atoms with E-state index in [-0.39, 0.29) is 29.9 Å². The van der Waals surface area contributed by atoms with Crippen molar-refractivity contribution in [3.05, 3.63) is 66.6 Å². The molecule has 0 aliphatic carbocycles. The minimum atomic E-state index is -0.524. The van der Waals surface area contributed by atoms with E-state index in [0.717, 1.165) is 0 Å². The Morgan fingerprint density at radius 1 is 1.13 bits per heavy atom. The predicted molar refractivity (Wildman–Crippen MR) is 111 cm³/mol. The molecule has 4 aromatic rings. The van der Waals surface area contributed by atoms with E-state index < -0.39 is 5.82 Å². The van der Waals surface area contributed by atoms with Crippen LogP contribution in [0.2, 0.25) is 0 Å². The van der Waals surface area contributed by atoms with Crippen LogP contribution in [0.15, 0.2) is 65.3 Å². The largest absolute Gasteiger partial charge is 0.497 e. The fourth-order valence-electron chi connectivity index (χ4n) is 3.05. The van der Waals surface area contributed by atoms with Crippen LogP contribution in [0.25, 0.3) is 23.0 Å². The van der Waals surface area contributed by atoms with Crippen molar-refractivity contribution in [1.29, 1.82) is 0 Å². The summed E-state index contributed by atoms with van der Waals surface area (Å²) in [5.41, 5.74) is 1.63. The van der Waals surface area contributed by atoms with Gasteiger partial charge in [-0.2, -0.15) is 4.98 Å². The van der Waals surface area contributed by atoms with Crippen molar-refractivity contribution in [3.63, 3.8) is 0 Å². The third-order valence-electron chi connectivity index (χ3n) is 4.55. The van der Waals surface area contributed by atoms with Crippen LogP contribution < -0.4 is 14.8 Å². The minimum absolute atomic E-state index is 0.0361. The number of rotatable bonds is 7. The molecule has 158 valence electrons. The van der Waals surface area contributed by atoms with Gasteiger partial charge in [-0.1, -0.05) is 11.2 Å². The SMILES string of the molecule is COc1cccc(NC(=O)Cn2cccc2-c2nc(-c3ccc(OC)c(F)c3)no2)c1. The first-order chi connectivity index (χ1) is 15.1. The Bertz CT molecular complexity index is 1220. The average molecular weight is 422 g/mol. The minimum Gasteiger partial charge on any atom is -0.497 e. The van der Waals surface area contributed by atoms with Crippen LogP contribution in [0.4, 0.5) is 10.1 Å². The molecule has 2 aromatic heterocycles. The zero-order valence-corrected chi connectivity index (χ0v) is 16.8. The number of benzene rings is 2. The smallest absolute Gasteiger partial charge is 0.274 e. The summed E-state index contributed by atoms with van der Waals surface area (Å²) < 4.78 is 31.1. The molecule has 1 N–H and O–H groups in total. The van der Waals surface area contributed by atoms with E-state index in [1.807, 2.05) is 0 Å². The molecule has 2 aromatic carbocycles. The molecular weight excluding hydrogens is 403 g/mol. The van der Waals surface area contributed by atoms with Gasteiger partial charge >= 0.3 is 0 Å². The first-order valence-corrected chi connectivity index (χ1v) is 9.34. The van der Waals surface area contributed by atoms with Crippen molar-refractivity contribution in [2.24, 2.45) is 0 Å². The third kappa shape index (κ3) is 4.40. The lowest BCUT2D eigenvalue weighted by Gasteiger charge is -2.09. The van der Waals surface area contributed by atoms with Gasteiger partial charge in [0.25, 0.3) is 5.89 Å². The number of nitrogens with zero attached hydrogens (tertiary/aromatic N) is 3. The molecule has 8 nitrogen and oxygen atoms in total. The maximum Gasteiger partial charge on any atom is 0.274 e. The summed E-state index contributed by atoms with van der Waals surface area (Å²) in [6, 6.07) is 15.0.